The number of hydrogen-bond acceptors (Lipinski definition) is 1. The molecule has 76 valence electrons. The number of anilines is 1. The van der Waals surface area contributed by atoms with Crippen LogP contribution < -0.4 is 5.32 Å². The number of hydrogen-bond donors (Lipinski definition) is 1. The molecule has 1 heteroatoms. The summed E-state index contributed by atoms with van der Waals surface area (Å²) >= 11 is 0. The van der Waals surface area contributed by atoms with Crippen molar-refractivity contribution in [3.05, 3.63) is 79.6 Å². The van der Waals surface area contributed by atoms with Gasteiger partial charge in [0.2, 0.25) is 0 Å². The first-order valence-corrected chi connectivity index (χ1v) is 4.80. The van der Waals surface area contributed by atoms with E-state index in [2.05, 4.69) is 18.5 Å². The van der Waals surface area contributed by atoms with Crippen LogP contribution in [-0.4, -0.2) is 0 Å². The summed E-state index contributed by atoms with van der Waals surface area (Å²) in [7, 11) is 0. The van der Waals surface area contributed by atoms with Crippen LogP contribution in [0.25, 0.3) is 0 Å². The van der Waals surface area contributed by atoms with E-state index in [0.717, 1.165) is 11.4 Å². The van der Waals surface area contributed by atoms with Gasteiger partial charge in [0, 0.05) is 11.4 Å². The average Bonchev–Trinajstić information content (AvgIpc) is 2.29. The van der Waals surface area contributed by atoms with Gasteiger partial charge in [0.25, 0.3) is 0 Å². The Hall–Kier alpha value is -2.02. The molecule has 0 aromatic heterocycles. The highest BCUT2D eigenvalue weighted by Gasteiger charge is 1.90. The van der Waals surface area contributed by atoms with E-state index in [-0.39, 0.29) is 0 Å². The molecule has 0 atom stereocenters. The zero-order valence-electron chi connectivity index (χ0n) is 8.69. The molecule has 1 nitrogen and oxygen atoms in total. The molecule has 0 spiro atoms. The van der Waals surface area contributed by atoms with Gasteiger partial charge in [-0.2, -0.15) is 0 Å². The average molecular weight is 197 g/mol. The fourth-order valence-electron chi connectivity index (χ4n) is 1.09. The molecule has 0 saturated carbocycles. The minimum Gasteiger partial charge on any atom is -0.356 e. The minimum atomic E-state index is 0.958. The van der Waals surface area contributed by atoms with Crippen LogP contribution in [0.15, 0.2) is 79.6 Å². The van der Waals surface area contributed by atoms with Crippen molar-refractivity contribution in [2.75, 3.05) is 5.32 Å². The van der Waals surface area contributed by atoms with Crippen LogP contribution in [0.4, 0.5) is 5.69 Å². The van der Waals surface area contributed by atoms with Gasteiger partial charge in [0.1, 0.15) is 0 Å². The van der Waals surface area contributed by atoms with Crippen molar-refractivity contribution >= 4 is 5.69 Å². The van der Waals surface area contributed by atoms with E-state index in [1.807, 2.05) is 48.6 Å². The number of para-hydroxylation sites is 1. The van der Waals surface area contributed by atoms with Gasteiger partial charge in [-0.05, 0) is 24.3 Å². The molecule has 0 fully saturated rings. The Morgan fingerprint density at radius 2 is 1.80 bits per heavy atom. The molecule has 0 aliphatic rings. The molecule has 15 heavy (non-hydrogen) atoms. The minimum absolute atomic E-state index is 0.958. The smallest absolute Gasteiger partial charge is 0.0384 e. The second-order valence-corrected chi connectivity index (χ2v) is 2.94. The summed E-state index contributed by atoms with van der Waals surface area (Å²) < 4.78 is 0. The van der Waals surface area contributed by atoms with E-state index < -0.39 is 0 Å². The number of rotatable bonds is 5. The summed E-state index contributed by atoms with van der Waals surface area (Å²) in [5, 5.41) is 3.25. The van der Waals surface area contributed by atoms with Gasteiger partial charge < -0.3 is 5.32 Å². The maximum Gasteiger partial charge on any atom is 0.0384 e. The van der Waals surface area contributed by atoms with Crippen molar-refractivity contribution in [2.24, 2.45) is 0 Å². The maximum atomic E-state index is 3.75. The van der Waals surface area contributed by atoms with Crippen molar-refractivity contribution in [3.63, 3.8) is 0 Å². The number of nitrogens with one attached hydrogen (secondary N) is 1. The number of benzene rings is 1. The standard InChI is InChI=1S/C14H15N/c1-3-5-7-10-13(4-2)15-14-11-8-6-9-12-14/h3-12,15H,1-2H2/b7-5-,13-10+. The molecule has 1 aromatic carbocycles. The molecule has 0 aliphatic carbocycles. The molecule has 1 aromatic rings. The maximum absolute atomic E-state index is 3.75. The summed E-state index contributed by atoms with van der Waals surface area (Å²) in [6, 6.07) is 9.98. The Labute approximate surface area is 91.1 Å². The molecule has 0 amide bonds. The van der Waals surface area contributed by atoms with Crippen molar-refractivity contribution in [3.8, 4) is 0 Å². The molecule has 0 unspecified atom stereocenters. The van der Waals surface area contributed by atoms with Crippen LogP contribution in [0.5, 0.6) is 0 Å². The second kappa shape index (κ2) is 6.44. The lowest BCUT2D eigenvalue weighted by molar-refractivity contribution is 1.48. The Morgan fingerprint density at radius 3 is 2.40 bits per heavy atom. The predicted octanol–water partition coefficient (Wildman–Crippen LogP) is 3.91. The molecular formula is C14H15N. The summed E-state index contributed by atoms with van der Waals surface area (Å²) in [6.07, 6.45) is 9.25. The number of allylic oxidation sites excluding steroid dienone is 5. The van der Waals surface area contributed by atoms with E-state index in [9.17, 15) is 0 Å². The quantitative estimate of drug-likeness (QED) is 0.706. The Kier molecular flexibility index (Phi) is 4.74. The van der Waals surface area contributed by atoms with E-state index in [1.54, 1.807) is 12.2 Å². The van der Waals surface area contributed by atoms with Crippen molar-refractivity contribution in [2.45, 2.75) is 0 Å². The monoisotopic (exact) mass is 197 g/mol. The van der Waals surface area contributed by atoms with Gasteiger partial charge in [-0.3, -0.25) is 0 Å². The van der Waals surface area contributed by atoms with Crippen molar-refractivity contribution in [1.82, 2.24) is 0 Å². The topological polar surface area (TPSA) is 12.0 Å². The Morgan fingerprint density at radius 1 is 1.07 bits per heavy atom. The fraction of sp³-hybridized carbons (Fsp3) is 0. The van der Waals surface area contributed by atoms with Gasteiger partial charge in [-0.25, -0.2) is 0 Å². The Bertz CT molecular complexity index is 372. The predicted molar refractivity (Wildman–Crippen MR) is 67.7 cm³/mol. The SMILES string of the molecule is C=C/C=C\C=C(/C=C)Nc1ccccc1. The molecule has 0 bridgehead atoms. The van der Waals surface area contributed by atoms with Gasteiger partial charge in [0.05, 0.1) is 0 Å². The largest absolute Gasteiger partial charge is 0.356 e. The van der Waals surface area contributed by atoms with Gasteiger partial charge in [0.15, 0.2) is 0 Å². The summed E-state index contributed by atoms with van der Waals surface area (Å²) in [6.45, 7) is 7.35. The van der Waals surface area contributed by atoms with Crippen LogP contribution in [0.1, 0.15) is 0 Å². The molecule has 1 rings (SSSR count). The Balaban J connectivity index is 2.69. The zero-order valence-corrected chi connectivity index (χ0v) is 8.69. The second-order valence-electron chi connectivity index (χ2n) is 2.94. The zero-order chi connectivity index (χ0) is 10.9. The van der Waals surface area contributed by atoms with Crippen LogP contribution in [0.3, 0.4) is 0 Å². The van der Waals surface area contributed by atoms with E-state index in [4.69, 9.17) is 0 Å². The molecule has 0 heterocycles. The summed E-state index contributed by atoms with van der Waals surface area (Å²) in [5.41, 5.74) is 2.01. The molecule has 0 radical (unpaired) electrons. The lowest BCUT2D eigenvalue weighted by Gasteiger charge is -2.05. The third-order valence-corrected chi connectivity index (χ3v) is 1.81. The van der Waals surface area contributed by atoms with Crippen LogP contribution in [-0.2, 0) is 0 Å². The normalized spacial score (nSPS) is 11.3. The lowest BCUT2D eigenvalue weighted by Crippen LogP contribution is -1.95. The summed E-state index contributed by atoms with van der Waals surface area (Å²) in [4.78, 5) is 0. The van der Waals surface area contributed by atoms with Gasteiger partial charge in [-0.15, -0.1) is 0 Å². The van der Waals surface area contributed by atoms with Crippen LogP contribution >= 0.6 is 0 Å². The molecular weight excluding hydrogens is 182 g/mol. The third kappa shape index (κ3) is 4.14. The molecule has 1 N–H and O–H groups in total. The first-order chi connectivity index (χ1) is 7.36. The first kappa shape index (κ1) is 11.1. The van der Waals surface area contributed by atoms with Gasteiger partial charge >= 0.3 is 0 Å². The van der Waals surface area contributed by atoms with Crippen molar-refractivity contribution < 1.29 is 0 Å². The fourth-order valence-corrected chi connectivity index (χ4v) is 1.09. The van der Waals surface area contributed by atoms with Crippen LogP contribution in [0, 0.1) is 0 Å². The highest BCUT2D eigenvalue weighted by Crippen LogP contribution is 2.09. The van der Waals surface area contributed by atoms with Gasteiger partial charge in [-0.1, -0.05) is 49.6 Å². The van der Waals surface area contributed by atoms with E-state index in [1.165, 1.54) is 0 Å². The van der Waals surface area contributed by atoms with Crippen LogP contribution in [0.2, 0.25) is 0 Å². The first-order valence-electron chi connectivity index (χ1n) is 4.80. The lowest BCUT2D eigenvalue weighted by atomic mass is 10.3. The van der Waals surface area contributed by atoms with E-state index >= 15 is 0 Å². The molecule has 0 saturated heterocycles. The summed E-state index contributed by atoms with van der Waals surface area (Å²) in [5.74, 6) is 0. The van der Waals surface area contributed by atoms with Crippen molar-refractivity contribution in [1.29, 1.82) is 0 Å². The third-order valence-electron chi connectivity index (χ3n) is 1.81. The highest BCUT2D eigenvalue weighted by molar-refractivity contribution is 5.50. The molecule has 0 aliphatic heterocycles. The van der Waals surface area contributed by atoms with E-state index in [0.29, 0.717) is 0 Å². The highest BCUT2D eigenvalue weighted by atomic mass is 14.9.